The number of hydrogen-bond acceptors (Lipinski definition) is 3. The van der Waals surface area contributed by atoms with Gasteiger partial charge in [0.1, 0.15) is 5.82 Å². The molecule has 4 saturated carbocycles. The zero-order valence-electron chi connectivity index (χ0n) is 21.8. The number of carbonyl (C=O) groups is 2. The van der Waals surface area contributed by atoms with E-state index in [1.165, 1.54) is 18.9 Å². The van der Waals surface area contributed by atoms with Gasteiger partial charge >= 0.3 is 0 Å². The molecule has 4 fully saturated rings. The zero-order valence-corrected chi connectivity index (χ0v) is 21.8. The Morgan fingerprint density at radius 2 is 1.86 bits per heavy atom. The Balaban J connectivity index is 1.37. The SMILES string of the molecule is CCCCNC(=O)c1ccc(-c2cc3c(CC4C5CC4C5)c(C(=O)CC4CC4)cnc3cc2F)cc1C. The molecule has 7 rings (SSSR count). The number of rotatable bonds is 10. The van der Waals surface area contributed by atoms with Crippen molar-refractivity contribution in [1.82, 2.24) is 10.3 Å². The molecule has 0 aliphatic heterocycles. The van der Waals surface area contributed by atoms with E-state index in [1.54, 1.807) is 12.3 Å². The van der Waals surface area contributed by atoms with Gasteiger partial charge in [-0.15, -0.1) is 0 Å². The second-order valence-corrected chi connectivity index (χ2v) is 11.6. The van der Waals surface area contributed by atoms with Crippen molar-refractivity contribution in [3.63, 3.8) is 0 Å². The van der Waals surface area contributed by atoms with E-state index in [1.807, 2.05) is 25.1 Å². The molecule has 4 nitrogen and oxygen atoms in total. The van der Waals surface area contributed by atoms with Crippen LogP contribution in [0.2, 0.25) is 0 Å². The van der Waals surface area contributed by atoms with Crippen LogP contribution in [0.25, 0.3) is 22.0 Å². The van der Waals surface area contributed by atoms with E-state index >= 15 is 4.39 Å². The van der Waals surface area contributed by atoms with Crippen LogP contribution in [0.3, 0.4) is 0 Å². The number of nitrogens with zero attached hydrogens (tertiary/aromatic N) is 1. The van der Waals surface area contributed by atoms with Gasteiger partial charge in [-0.3, -0.25) is 14.6 Å². The largest absolute Gasteiger partial charge is 0.352 e. The smallest absolute Gasteiger partial charge is 0.251 e. The Morgan fingerprint density at radius 3 is 2.51 bits per heavy atom. The predicted octanol–water partition coefficient (Wildman–Crippen LogP) is 7.06. The second kappa shape index (κ2) is 9.66. The third-order valence-corrected chi connectivity index (χ3v) is 9.00. The quantitative estimate of drug-likeness (QED) is 0.240. The molecule has 0 spiro atoms. The Kier molecular flexibility index (Phi) is 6.34. The molecule has 4 aliphatic carbocycles. The minimum Gasteiger partial charge on any atom is -0.352 e. The van der Waals surface area contributed by atoms with Crippen LogP contribution in [0.1, 0.15) is 83.7 Å². The molecule has 0 atom stereocenters. The Hall–Kier alpha value is -3.08. The van der Waals surface area contributed by atoms with E-state index in [9.17, 15) is 9.59 Å². The number of ketones is 1. The molecule has 1 aromatic heterocycles. The average Bonchev–Trinajstić information content (AvgIpc) is 3.64. The number of aryl methyl sites for hydroxylation is 1. The van der Waals surface area contributed by atoms with Gasteiger partial charge in [-0.25, -0.2) is 4.39 Å². The molecule has 2 bridgehead atoms. The zero-order chi connectivity index (χ0) is 25.7. The number of halogens is 1. The topological polar surface area (TPSA) is 59.1 Å². The first-order chi connectivity index (χ1) is 17.9. The number of unbranched alkanes of at least 4 members (excludes halogenated alkanes) is 1. The van der Waals surface area contributed by atoms with E-state index < -0.39 is 0 Å². The highest BCUT2D eigenvalue weighted by Gasteiger charge is 2.52. The average molecular weight is 499 g/mol. The minimum atomic E-state index is -0.339. The van der Waals surface area contributed by atoms with Gasteiger partial charge in [0.15, 0.2) is 5.78 Å². The van der Waals surface area contributed by atoms with Crippen LogP contribution in [-0.2, 0) is 6.42 Å². The van der Waals surface area contributed by atoms with Gasteiger partial charge < -0.3 is 5.32 Å². The molecule has 0 radical (unpaired) electrons. The van der Waals surface area contributed by atoms with Gasteiger partial charge in [0.2, 0.25) is 0 Å². The van der Waals surface area contributed by atoms with Gasteiger partial charge in [-0.05, 0) is 97.9 Å². The lowest BCUT2D eigenvalue weighted by atomic mass is 9.47. The number of hydrogen-bond donors (Lipinski definition) is 1. The highest BCUT2D eigenvalue weighted by atomic mass is 19.1. The van der Waals surface area contributed by atoms with Crippen LogP contribution < -0.4 is 5.32 Å². The Bertz CT molecular complexity index is 1380. The highest BCUT2D eigenvalue weighted by Crippen LogP contribution is 2.60. The van der Waals surface area contributed by atoms with E-state index in [-0.39, 0.29) is 17.5 Å². The molecule has 1 N–H and O–H groups in total. The number of nitrogens with one attached hydrogen (secondary N) is 1. The molecule has 192 valence electrons. The fourth-order valence-electron chi connectivity index (χ4n) is 6.17. The standard InChI is InChI=1S/C32H35FN2O2/c1-3-4-9-34-32(37)23-8-7-20(10-18(23)2)25-15-27-26(14-24-21-12-22(24)13-21)28(31(36)11-19-5-6-19)17-35-30(27)16-29(25)33/h7-8,10,15-17,19,21-22,24H,3-6,9,11-14H2,1-2H3,(H,34,37). The number of aromatic nitrogens is 1. The number of pyridine rings is 1. The molecule has 37 heavy (non-hydrogen) atoms. The summed E-state index contributed by atoms with van der Waals surface area (Å²) < 4.78 is 15.4. The maximum Gasteiger partial charge on any atom is 0.251 e. The lowest BCUT2D eigenvalue weighted by Crippen LogP contribution is -2.51. The van der Waals surface area contributed by atoms with Gasteiger partial charge in [-0.1, -0.05) is 25.5 Å². The third-order valence-electron chi connectivity index (χ3n) is 9.00. The first-order valence-corrected chi connectivity index (χ1v) is 14.0. The molecule has 1 amide bonds. The van der Waals surface area contributed by atoms with Crippen LogP contribution >= 0.6 is 0 Å². The molecule has 0 unspecified atom stereocenters. The molecular formula is C32H35FN2O2. The molecule has 4 aliphatic rings. The van der Waals surface area contributed by atoms with Crippen LogP contribution in [0.15, 0.2) is 36.5 Å². The van der Waals surface area contributed by atoms with Gasteiger partial charge in [0.05, 0.1) is 5.52 Å². The molecule has 1 heterocycles. The normalized spacial score (nSPS) is 21.9. The Morgan fingerprint density at radius 1 is 1.08 bits per heavy atom. The monoisotopic (exact) mass is 498 g/mol. The first-order valence-electron chi connectivity index (χ1n) is 14.0. The van der Waals surface area contributed by atoms with Gasteiger partial charge in [0, 0.05) is 47.3 Å². The summed E-state index contributed by atoms with van der Waals surface area (Å²) in [4.78, 5) is 30.4. The van der Waals surface area contributed by atoms with Crippen molar-refractivity contribution in [1.29, 1.82) is 0 Å². The summed E-state index contributed by atoms with van der Waals surface area (Å²) in [6.07, 6.45) is 10.0. The Labute approximate surface area is 218 Å². The minimum absolute atomic E-state index is 0.0964. The van der Waals surface area contributed by atoms with Crippen LogP contribution in [0, 0.1) is 36.4 Å². The van der Waals surface area contributed by atoms with Crippen molar-refractivity contribution in [2.75, 3.05) is 6.54 Å². The van der Waals surface area contributed by atoms with E-state index in [2.05, 4.69) is 17.2 Å². The lowest BCUT2D eigenvalue weighted by molar-refractivity contribution is -0.0793. The summed E-state index contributed by atoms with van der Waals surface area (Å²) in [5.74, 6) is 2.45. The summed E-state index contributed by atoms with van der Waals surface area (Å²) in [7, 11) is 0. The van der Waals surface area contributed by atoms with Crippen LogP contribution in [0.4, 0.5) is 4.39 Å². The van der Waals surface area contributed by atoms with Crippen LogP contribution in [-0.4, -0.2) is 23.2 Å². The summed E-state index contributed by atoms with van der Waals surface area (Å²) in [5, 5.41) is 3.85. The molecule has 2 aromatic carbocycles. The summed E-state index contributed by atoms with van der Waals surface area (Å²) >= 11 is 0. The second-order valence-electron chi connectivity index (χ2n) is 11.6. The van der Waals surface area contributed by atoms with Crippen LogP contribution in [0.5, 0.6) is 0 Å². The van der Waals surface area contributed by atoms with Crippen molar-refractivity contribution in [3.05, 3.63) is 64.6 Å². The number of Topliss-reactive ketones (excluding diaryl/α,β-unsaturated/α-hetero) is 1. The van der Waals surface area contributed by atoms with E-state index in [4.69, 9.17) is 0 Å². The molecule has 0 saturated heterocycles. The maximum atomic E-state index is 15.4. The predicted molar refractivity (Wildman–Crippen MR) is 144 cm³/mol. The maximum absolute atomic E-state index is 15.4. The molecule has 5 heteroatoms. The third kappa shape index (κ3) is 4.58. The van der Waals surface area contributed by atoms with Crippen molar-refractivity contribution in [3.8, 4) is 11.1 Å². The fourth-order valence-corrected chi connectivity index (χ4v) is 6.17. The fraction of sp³-hybridized carbons (Fsp3) is 0.469. The van der Waals surface area contributed by atoms with E-state index in [0.717, 1.165) is 71.6 Å². The van der Waals surface area contributed by atoms with Crippen molar-refractivity contribution in [2.24, 2.45) is 23.7 Å². The molecule has 3 aromatic rings. The number of benzene rings is 2. The van der Waals surface area contributed by atoms with Crippen molar-refractivity contribution >= 4 is 22.6 Å². The first kappa shape index (κ1) is 24.3. The number of carbonyl (C=O) groups excluding carboxylic acids is 2. The summed E-state index contributed by atoms with van der Waals surface area (Å²) in [6, 6.07) is 8.89. The van der Waals surface area contributed by atoms with Crippen molar-refractivity contribution in [2.45, 2.75) is 65.2 Å². The summed E-state index contributed by atoms with van der Waals surface area (Å²) in [6.45, 7) is 4.63. The van der Waals surface area contributed by atoms with Gasteiger partial charge in [0.25, 0.3) is 5.91 Å². The van der Waals surface area contributed by atoms with E-state index in [0.29, 0.717) is 41.4 Å². The number of fused-ring (bicyclic) bond motifs is 1. The highest BCUT2D eigenvalue weighted by molar-refractivity contribution is 6.02. The van der Waals surface area contributed by atoms with Crippen molar-refractivity contribution < 1.29 is 14.0 Å². The summed E-state index contributed by atoms with van der Waals surface area (Å²) in [5.41, 5.74) is 5.04. The molecular weight excluding hydrogens is 463 g/mol. The van der Waals surface area contributed by atoms with Gasteiger partial charge in [-0.2, -0.15) is 0 Å². The number of amides is 1. The lowest BCUT2D eigenvalue weighted by Gasteiger charge is -2.58.